The topological polar surface area (TPSA) is 92.5 Å². The Bertz CT molecular complexity index is 1030. The lowest BCUT2D eigenvalue weighted by molar-refractivity contribution is -0.124. The molecule has 0 spiro atoms. The molecule has 1 aliphatic rings. The first-order valence-corrected chi connectivity index (χ1v) is 14.8. The lowest BCUT2D eigenvalue weighted by Gasteiger charge is -2.36. The fourth-order valence-electron chi connectivity index (χ4n) is 5.01. The van der Waals surface area contributed by atoms with E-state index in [0.717, 1.165) is 31.1 Å². The molecular weight excluding hydrogens is 458 g/mol. The number of hydrogen-bond donors (Lipinski definition) is 2. The Morgan fingerprint density at radius 2 is 1.69 bits per heavy atom. The fourth-order valence-corrected chi connectivity index (χ4v) is 5.57. The number of carbonyl (C=O) groups is 1. The van der Waals surface area contributed by atoms with Crippen LogP contribution in [0.25, 0.3) is 0 Å². The minimum Gasteiger partial charge on any atom is -0.317 e. The molecule has 1 fully saturated rings. The highest BCUT2D eigenvalue weighted by Gasteiger charge is 2.38. The first-order valence-electron chi connectivity index (χ1n) is 12.9. The smallest absolute Gasteiger partial charge is 0.247 e. The molecule has 0 aromatic heterocycles. The molecule has 2 aromatic carbocycles. The molecule has 7 heteroatoms. The summed E-state index contributed by atoms with van der Waals surface area (Å²) in [7, 11) is -3.38. The van der Waals surface area contributed by atoms with E-state index in [0.29, 0.717) is 36.7 Å². The zero-order chi connectivity index (χ0) is 25.3. The molecule has 1 unspecified atom stereocenters. The van der Waals surface area contributed by atoms with E-state index in [-0.39, 0.29) is 5.91 Å². The number of nitrogens with two attached hydrogens (primary N) is 1. The zero-order valence-corrected chi connectivity index (χ0v) is 22.0. The Kier molecular flexibility index (Phi) is 9.75. The van der Waals surface area contributed by atoms with Crippen LogP contribution in [0.15, 0.2) is 54.6 Å². The summed E-state index contributed by atoms with van der Waals surface area (Å²) in [6.45, 7) is 2.54. The molecule has 3 rings (SSSR count). The van der Waals surface area contributed by atoms with Crippen molar-refractivity contribution in [2.45, 2.75) is 83.2 Å². The van der Waals surface area contributed by atoms with Crippen molar-refractivity contribution in [1.29, 1.82) is 0 Å². The second kappa shape index (κ2) is 12.5. The highest BCUT2D eigenvalue weighted by atomic mass is 32.2. The largest absolute Gasteiger partial charge is 0.317 e. The normalized spacial score (nSPS) is 16.4. The standard InChI is InChI=1S/C28H41N3O3S/c1-3-4-20-28(29,21-19-23-11-7-5-8-12-23)27(32)31(22-24-13-9-6-10-14-24)26-17-15-25(16-18-26)30-35(2,33)34/h6,9-10,13-18,23,30H,3-5,7-8,11-12,19-22,29H2,1-2H3. The molecule has 3 N–H and O–H groups in total. The number of carbonyl (C=O) groups excluding carboxylic acids is 1. The molecule has 0 aliphatic heterocycles. The monoisotopic (exact) mass is 499 g/mol. The SMILES string of the molecule is CCCCC(N)(CCC1CCCCC1)C(=O)N(Cc1ccccc1)c1ccc(NS(C)(=O)=O)cc1. The fraction of sp³-hybridized carbons (Fsp3) is 0.536. The highest BCUT2D eigenvalue weighted by molar-refractivity contribution is 7.92. The van der Waals surface area contributed by atoms with Gasteiger partial charge >= 0.3 is 0 Å². The average molecular weight is 500 g/mol. The summed E-state index contributed by atoms with van der Waals surface area (Å²) in [5.41, 5.74) is 8.23. The van der Waals surface area contributed by atoms with E-state index in [2.05, 4.69) is 11.6 Å². The Morgan fingerprint density at radius 3 is 2.29 bits per heavy atom. The second-order valence-corrected chi connectivity index (χ2v) is 11.8. The second-order valence-electron chi connectivity index (χ2n) is 10.1. The quantitative estimate of drug-likeness (QED) is 0.384. The van der Waals surface area contributed by atoms with Gasteiger partial charge in [-0.05, 0) is 55.0 Å². The summed E-state index contributed by atoms with van der Waals surface area (Å²) in [6, 6.07) is 16.9. The summed E-state index contributed by atoms with van der Waals surface area (Å²) >= 11 is 0. The van der Waals surface area contributed by atoms with Crippen LogP contribution in [0.1, 0.15) is 76.7 Å². The predicted molar refractivity (Wildman–Crippen MR) is 145 cm³/mol. The van der Waals surface area contributed by atoms with Crippen molar-refractivity contribution in [3.63, 3.8) is 0 Å². The minimum atomic E-state index is -3.38. The molecule has 1 aliphatic carbocycles. The van der Waals surface area contributed by atoms with Gasteiger partial charge in [0.25, 0.3) is 0 Å². The van der Waals surface area contributed by atoms with Gasteiger partial charge in [-0.3, -0.25) is 9.52 Å². The van der Waals surface area contributed by atoms with Gasteiger partial charge in [-0.2, -0.15) is 0 Å². The molecule has 0 radical (unpaired) electrons. The van der Waals surface area contributed by atoms with Crippen molar-refractivity contribution in [3.8, 4) is 0 Å². The Balaban J connectivity index is 1.88. The molecule has 0 saturated heterocycles. The van der Waals surface area contributed by atoms with Crippen LogP contribution >= 0.6 is 0 Å². The van der Waals surface area contributed by atoms with Gasteiger partial charge in [0.1, 0.15) is 0 Å². The van der Waals surface area contributed by atoms with Crippen molar-refractivity contribution in [2.24, 2.45) is 11.7 Å². The third-order valence-electron chi connectivity index (χ3n) is 7.04. The van der Waals surface area contributed by atoms with E-state index >= 15 is 0 Å². The van der Waals surface area contributed by atoms with Crippen LogP contribution in [-0.2, 0) is 21.4 Å². The van der Waals surface area contributed by atoms with Crippen LogP contribution < -0.4 is 15.4 Å². The van der Waals surface area contributed by atoms with E-state index in [9.17, 15) is 13.2 Å². The van der Waals surface area contributed by atoms with Crippen LogP contribution in [0.2, 0.25) is 0 Å². The van der Waals surface area contributed by atoms with Crippen molar-refractivity contribution in [3.05, 3.63) is 60.2 Å². The first-order chi connectivity index (χ1) is 16.7. The maximum Gasteiger partial charge on any atom is 0.247 e. The van der Waals surface area contributed by atoms with Gasteiger partial charge in [-0.15, -0.1) is 0 Å². The summed E-state index contributed by atoms with van der Waals surface area (Å²) < 4.78 is 25.7. The molecule has 192 valence electrons. The molecule has 1 saturated carbocycles. The van der Waals surface area contributed by atoms with E-state index in [1.54, 1.807) is 29.2 Å². The predicted octanol–water partition coefficient (Wildman–Crippen LogP) is 5.84. The van der Waals surface area contributed by atoms with Gasteiger partial charge in [-0.25, -0.2) is 8.42 Å². The van der Waals surface area contributed by atoms with Crippen LogP contribution in [-0.4, -0.2) is 26.1 Å². The van der Waals surface area contributed by atoms with E-state index < -0.39 is 15.6 Å². The number of nitrogens with one attached hydrogen (secondary N) is 1. The number of anilines is 2. The van der Waals surface area contributed by atoms with Gasteiger partial charge < -0.3 is 10.6 Å². The third-order valence-corrected chi connectivity index (χ3v) is 7.64. The number of nitrogens with zero attached hydrogens (tertiary/aromatic N) is 1. The Hall–Kier alpha value is -2.38. The van der Waals surface area contributed by atoms with Crippen molar-refractivity contribution < 1.29 is 13.2 Å². The summed E-state index contributed by atoms with van der Waals surface area (Å²) in [5.74, 6) is 0.597. The van der Waals surface area contributed by atoms with Crippen LogP contribution in [0, 0.1) is 5.92 Å². The zero-order valence-electron chi connectivity index (χ0n) is 21.2. The molecule has 35 heavy (non-hydrogen) atoms. The van der Waals surface area contributed by atoms with Gasteiger partial charge in [0.05, 0.1) is 18.3 Å². The van der Waals surface area contributed by atoms with Crippen molar-refractivity contribution in [1.82, 2.24) is 0 Å². The maximum atomic E-state index is 14.2. The number of unbranched alkanes of at least 4 members (excludes halogenated alkanes) is 1. The average Bonchev–Trinajstić information content (AvgIpc) is 2.85. The summed E-state index contributed by atoms with van der Waals surface area (Å²) in [5, 5.41) is 0. The maximum absolute atomic E-state index is 14.2. The van der Waals surface area contributed by atoms with E-state index in [1.807, 2.05) is 30.3 Å². The van der Waals surface area contributed by atoms with E-state index in [4.69, 9.17) is 5.73 Å². The molecule has 0 bridgehead atoms. The lowest BCUT2D eigenvalue weighted by atomic mass is 9.80. The van der Waals surface area contributed by atoms with Gasteiger partial charge in [0.15, 0.2) is 0 Å². The van der Waals surface area contributed by atoms with Crippen LogP contribution in [0.5, 0.6) is 0 Å². The minimum absolute atomic E-state index is 0.0607. The van der Waals surface area contributed by atoms with Crippen LogP contribution in [0.3, 0.4) is 0 Å². The molecule has 2 aromatic rings. The molecule has 1 atom stereocenters. The number of sulfonamides is 1. The summed E-state index contributed by atoms with van der Waals surface area (Å²) in [6.07, 6.45) is 11.7. The molecule has 6 nitrogen and oxygen atoms in total. The van der Waals surface area contributed by atoms with Crippen molar-refractivity contribution in [2.75, 3.05) is 15.9 Å². The summed E-state index contributed by atoms with van der Waals surface area (Å²) in [4.78, 5) is 15.9. The molecular formula is C28H41N3O3S. The number of hydrogen-bond acceptors (Lipinski definition) is 4. The van der Waals surface area contributed by atoms with Crippen molar-refractivity contribution >= 4 is 27.3 Å². The van der Waals surface area contributed by atoms with Gasteiger partial charge in [0, 0.05) is 11.4 Å². The number of benzene rings is 2. The molecule has 0 heterocycles. The third kappa shape index (κ3) is 8.36. The Morgan fingerprint density at radius 1 is 1.03 bits per heavy atom. The first kappa shape index (κ1) is 27.2. The lowest BCUT2D eigenvalue weighted by Crippen LogP contribution is -2.55. The Labute approximate surface area is 211 Å². The highest BCUT2D eigenvalue weighted by Crippen LogP contribution is 2.33. The number of rotatable bonds is 12. The van der Waals surface area contributed by atoms with Crippen LogP contribution in [0.4, 0.5) is 11.4 Å². The van der Waals surface area contributed by atoms with Gasteiger partial charge in [0.2, 0.25) is 15.9 Å². The molecule has 1 amide bonds. The number of amides is 1. The van der Waals surface area contributed by atoms with E-state index in [1.165, 1.54) is 32.1 Å². The van der Waals surface area contributed by atoms with Gasteiger partial charge in [-0.1, -0.05) is 82.2 Å².